The van der Waals surface area contributed by atoms with Crippen LogP contribution in [0.15, 0.2) is 30.5 Å². The predicted molar refractivity (Wildman–Crippen MR) is 94.9 cm³/mol. The van der Waals surface area contributed by atoms with Gasteiger partial charge in [-0.1, -0.05) is 0 Å². The Morgan fingerprint density at radius 3 is 2.70 bits per heavy atom. The van der Waals surface area contributed by atoms with Gasteiger partial charge in [-0.05, 0) is 30.7 Å². The fourth-order valence-electron chi connectivity index (χ4n) is 4.72. The first kappa shape index (κ1) is 18.4. The van der Waals surface area contributed by atoms with Crippen molar-refractivity contribution in [1.82, 2.24) is 14.8 Å². The molecule has 0 unspecified atom stereocenters. The highest BCUT2D eigenvalue weighted by Gasteiger charge is 2.64. The van der Waals surface area contributed by atoms with Crippen molar-refractivity contribution < 1.29 is 27.6 Å². The summed E-state index contributed by atoms with van der Waals surface area (Å²) in [6.07, 6.45) is -3.44. The molecule has 0 saturated carbocycles. The van der Waals surface area contributed by atoms with E-state index in [1.807, 2.05) is 6.07 Å². The number of nitriles is 1. The third-order valence-corrected chi connectivity index (χ3v) is 5.88. The fourth-order valence-corrected chi connectivity index (χ4v) is 4.72. The number of fused-ring (bicyclic) bond motifs is 6. The minimum atomic E-state index is -5.05. The number of hydrogen-bond acceptors (Lipinski definition) is 5. The monoisotopic (exact) mass is 415 g/mol. The molecule has 4 amide bonds. The molecular formula is C19H12F3N5O3. The summed E-state index contributed by atoms with van der Waals surface area (Å²) in [6.45, 7) is -0.262. The highest BCUT2D eigenvalue weighted by atomic mass is 19.4. The van der Waals surface area contributed by atoms with Crippen LogP contribution >= 0.6 is 0 Å². The highest BCUT2D eigenvalue weighted by molar-refractivity contribution is 6.25. The lowest BCUT2D eigenvalue weighted by atomic mass is 10.1. The molecular weight excluding hydrogens is 403 g/mol. The summed E-state index contributed by atoms with van der Waals surface area (Å²) in [5, 5.41) is 9.67. The van der Waals surface area contributed by atoms with Crippen LogP contribution in [0, 0.1) is 11.3 Å². The molecule has 2 aromatic rings. The Morgan fingerprint density at radius 1 is 1.23 bits per heavy atom. The van der Waals surface area contributed by atoms with Gasteiger partial charge in [-0.3, -0.25) is 14.6 Å². The van der Waals surface area contributed by atoms with Gasteiger partial charge in [0.15, 0.2) is 0 Å². The van der Waals surface area contributed by atoms with E-state index in [2.05, 4.69) is 4.98 Å². The zero-order chi connectivity index (χ0) is 21.4. The van der Waals surface area contributed by atoms with E-state index >= 15 is 0 Å². The van der Waals surface area contributed by atoms with Gasteiger partial charge in [0.2, 0.25) is 0 Å². The van der Waals surface area contributed by atoms with E-state index < -0.39 is 42.1 Å². The molecule has 3 aliphatic heterocycles. The van der Waals surface area contributed by atoms with Crippen molar-refractivity contribution in [2.24, 2.45) is 0 Å². The third kappa shape index (κ3) is 2.27. The molecule has 0 aliphatic carbocycles. The first-order valence-electron chi connectivity index (χ1n) is 9.06. The number of halogens is 3. The number of carbonyl (C=O) groups excluding carboxylic acids is 3. The minimum absolute atomic E-state index is 0.132. The summed E-state index contributed by atoms with van der Waals surface area (Å²) >= 11 is 0. The van der Waals surface area contributed by atoms with Gasteiger partial charge in [-0.15, -0.1) is 0 Å². The van der Waals surface area contributed by atoms with Gasteiger partial charge in [0.05, 0.1) is 28.9 Å². The second kappa shape index (κ2) is 5.91. The van der Waals surface area contributed by atoms with Crippen LogP contribution in [0.1, 0.15) is 12.0 Å². The van der Waals surface area contributed by atoms with E-state index in [-0.39, 0.29) is 24.2 Å². The largest absolute Gasteiger partial charge is 0.471 e. The highest BCUT2D eigenvalue weighted by Crippen LogP contribution is 2.44. The number of hydrogen-bond donors (Lipinski definition) is 0. The summed E-state index contributed by atoms with van der Waals surface area (Å²) in [5.41, 5.74) is 0.771. The lowest BCUT2D eigenvalue weighted by Crippen LogP contribution is -2.57. The Kier molecular flexibility index (Phi) is 3.62. The van der Waals surface area contributed by atoms with Crippen molar-refractivity contribution in [3.63, 3.8) is 0 Å². The van der Waals surface area contributed by atoms with Gasteiger partial charge < -0.3 is 9.80 Å². The molecule has 3 fully saturated rings. The molecule has 1 aromatic carbocycles. The fraction of sp³-hybridized carbons (Fsp3) is 0.316. The van der Waals surface area contributed by atoms with Gasteiger partial charge in [0.25, 0.3) is 5.91 Å². The number of alkyl halides is 3. The molecule has 4 heterocycles. The Hall–Kier alpha value is -3.68. The number of urea groups is 1. The SMILES string of the molecule is N#Cc1ccc(N2C(=O)[C@H]3[C@H]4C[C@@H](CN4C(=O)C(F)(F)F)N3C2=O)c2cccnc12. The number of carbonyl (C=O) groups is 3. The van der Waals surface area contributed by atoms with Crippen molar-refractivity contribution in [2.75, 3.05) is 11.4 Å². The average molecular weight is 415 g/mol. The number of imide groups is 1. The summed E-state index contributed by atoms with van der Waals surface area (Å²) < 4.78 is 38.8. The van der Waals surface area contributed by atoms with E-state index in [0.717, 1.165) is 4.90 Å². The van der Waals surface area contributed by atoms with Crippen LogP contribution in [0.4, 0.5) is 23.7 Å². The van der Waals surface area contributed by atoms with Crippen LogP contribution < -0.4 is 4.90 Å². The number of pyridine rings is 1. The lowest BCUT2D eigenvalue weighted by Gasteiger charge is -2.35. The Morgan fingerprint density at radius 2 is 2.00 bits per heavy atom. The van der Waals surface area contributed by atoms with E-state index in [0.29, 0.717) is 15.8 Å². The number of aromatic nitrogens is 1. The van der Waals surface area contributed by atoms with E-state index in [1.165, 1.54) is 23.2 Å². The molecule has 0 spiro atoms. The van der Waals surface area contributed by atoms with Crippen molar-refractivity contribution in [3.05, 3.63) is 36.0 Å². The molecule has 0 N–H and O–H groups in total. The molecule has 3 saturated heterocycles. The maximum atomic E-state index is 13.2. The standard InChI is InChI=1S/C19H12F3N5O3/c20-19(21,22)17(29)25-8-10-6-13(25)15-16(28)27(18(30)26(10)15)12-4-3-9(7-23)14-11(12)2-1-5-24-14/h1-5,10,13,15H,6,8H2/t10-,13+,15+/m0/s1. The molecule has 3 atom stereocenters. The second-order valence-electron chi connectivity index (χ2n) is 7.36. The van der Waals surface area contributed by atoms with Gasteiger partial charge >= 0.3 is 18.1 Å². The first-order valence-corrected chi connectivity index (χ1v) is 9.06. The molecule has 3 aliphatic rings. The number of likely N-dealkylation sites (tertiary alicyclic amines) is 1. The summed E-state index contributed by atoms with van der Waals surface area (Å²) in [6, 6.07) is 4.59. The normalized spacial score (nSPS) is 25.3. The second-order valence-corrected chi connectivity index (χ2v) is 7.36. The predicted octanol–water partition coefficient (Wildman–Crippen LogP) is 1.79. The molecule has 2 bridgehead atoms. The first-order chi connectivity index (χ1) is 14.2. The molecule has 8 nitrogen and oxygen atoms in total. The van der Waals surface area contributed by atoms with Crippen LogP contribution in [0.3, 0.4) is 0 Å². The van der Waals surface area contributed by atoms with Crippen molar-refractivity contribution >= 4 is 34.4 Å². The number of nitrogens with zero attached hydrogens (tertiary/aromatic N) is 5. The smallest absolute Gasteiger partial charge is 0.327 e. The van der Waals surface area contributed by atoms with Gasteiger partial charge in [-0.25, -0.2) is 9.69 Å². The molecule has 30 heavy (non-hydrogen) atoms. The van der Waals surface area contributed by atoms with E-state index in [9.17, 15) is 32.8 Å². The molecule has 5 rings (SSSR count). The van der Waals surface area contributed by atoms with Crippen LogP contribution in [0.25, 0.3) is 10.9 Å². The van der Waals surface area contributed by atoms with Gasteiger partial charge in [-0.2, -0.15) is 18.4 Å². The number of rotatable bonds is 1. The van der Waals surface area contributed by atoms with E-state index in [1.54, 1.807) is 12.1 Å². The molecule has 152 valence electrons. The van der Waals surface area contributed by atoms with Crippen molar-refractivity contribution in [1.29, 1.82) is 5.26 Å². The van der Waals surface area contributed by atoms with Crippen LogP contribution in [0.5, 0.6) is 0 Å². The van der Waals surface area contributed by atoms with E-state index in [4.69, 9.17) is 0 Å². The van der Waals surface area contributed by atoms with Crippen molar-refractivity contribution in [3.8, 4) is 6.07 Å². The summed E-state index contributed by atoms with van der Waals surface area (Å²) in [5.74, 6) is -2.69. The number of piperazine rings is 1. The lowest BCUT2D eigenvalue weighted by molar-refractivity contribution is -0.188. The van der Waals surface area contributed by atoms with Crippen LogP contribution in [-0.4, -0.2) is 63.5 Å². The number of amides is 4. The van der Waals surface area contributed by atoms with Crippen LogP contribution in [0.2, 0.25) is 0 Å². The molecule has 0 radical (unpaired) electrons. The Labute approximate surface area is 167 Å². The Bertz CT molecular complexity index is 1170. The summed E-state index contributed by atoms with van der Waals surface area (Å²) in [7, 11) is 0. The molecule has 1 aromatic heterocycles. The van der Waals surface area contributed by atoms with Gasteiger partial charge in [0, 0.05) is 18.1 Å². The minimum Gasteiger partial charge on any atom is -0.327 e. The summed E-state index contributed by atoms with van der Waals surface area (Å²) in [4.78, 5) is 45.0. The average Bonchev–Trinajstić information content (AvgIpc) is 3.37. The number of benzene rings is 1. The molecule has 11 heteroatoms. The maximum Gasteiger partial charge on any atom is 0.471 e. The van der Waals surface area contributed by atoms with Crippen LogP contribution in [-0.2, 0) is 9.59 Å². The van der Waals surface area contributed by atoms with Gasteiger partial charge in [0.1, 0.15) is 12.1 Å². The van der Waals surface area contributed by atoms with Crippen molar-refractivity contribution in [2.45, 2.75) is 30.7 Å². The number of anilines is 1. The zero-order valence-corrected chi connectivity index (χ0v) is 15.1. The zero-order valence-electron chi connectivity index (χ0n) is 15.1. The Balaban J connectivity index is 1.56. The topological polar surface area (TPSA) is 97.6 Å². The third-order valence-electron chi connectivity index (χ3n) is 5.88. The maximum absolute atomic E-state index is 13.2. The quantitative estimate of drug-likeness (QED) is 0.662.